The molecule has 1 aromatic heterocycles. The van der Waals surface area contributed by atoms with E-state index in [4.69, 9.17) is 4.74 Å². The van der Waals surface area contributed by atoms with Crippen LogP contribution in [0.5, 0.6) is 0 Å². The van der Waals surface area contributed by atoms with Crippen LogP contribution < -0.4 is 0 Å². The Balaban J connectivity index is 1.40. The number of carbonyl (C=O) groups is 1. The van der Waals surface area contributed by atoms with Crippen molar-refractivity contribution in [3.8, 4) is 17.5 Å². The van der Waals surface area contributed by atoms with E-state index in [1.54, 1.807) is 36.4 Å². The number of ether oxygens (including phenoxy) is 1. The number of nitrogens with zero attached hydrogens (tertiary/aromatic N) is 2. The first-order valence-electron chi connectivity index (χ1n) is 12.5. The Bertz CT molecular complexity index is 1480. The van der Waals surface area contributed by atoms with Gasteiger partial charge in [0.05, 0.1) is 24.7 Å². The number of esters is 1. The molecule has 0 amide bonds. The van der Waals surface area contributed by atoms with E-state index in [1.807, 2.05) is 10.9 Å². The minimum Gasteiger partial charge on any atom is -0.467 e. The summed E-state index contributed by atoms with van der Waals surface area (Å²) in [6.07, 6.45) is 6.42. The zero-order valence-electron chi connectivity index (χ0n) is 20.4. The SMILES string of the molecule is COC(=O)C(O)c1ccccc1C#C[C@]1(O)CCC2=Cc3c(cnn3-c3ccc(F)cc3)C[C@@]21C1CC1. The summed E-state index contributed by atoms with van der Waals surface area (Å²) in [7, 11) is 1.23. The number of aromatic nitrogens is 2. The monoisotopic (exact) mass is 498 g/mol. The van der Waals surface area contributed by atoms with Crippen molar-refractivity contribution >= 4 is 12.0 Å². The highest BCUT2D eigenvalue weighted by Gasteiger charge is 2.64. The van der Waals surface area contributed by atoms with E-state index in [0.717, 1.165) is 29.8 Å². The maximum atomic E-state index is 13.5. The zero-order chi connectivity index (χ0) is 25.8. The van der Waals surface area contributed by atoms with Gasteiger partial charge in [0.25, 0.3) is 0 Å². The number of fused-ring (bicyclic) bond motifs is 2. The lowest BCUT2D eigenvalue weighted by molar-refractivity contribution is -0.150. The first kappa shape index (κ1) is 23.7. The van der Waals surface area contributed by atoms with E-state index >= 15 is 0 Å². The first-order valence-corrected chi connectivity index (χ1v) is 12.5. The molecule has 2 saturated carbocycles. The molecule has 6 nitrogen and oxygen atoms in total. The number of hydrogen-bond acceptors (Lipinski definition) is 5. The summed E-state index contributed by atoms with van der Waals surface area (Å²) in [6.45, 7) is 0. The molecule has 3 atom stereocenters. The molecule has 7 heteroatoms. The summed E-state index contributed by atoms with van der Waals surface area (Å²) in [6, 6.07) is 13.2. The van der Waals surface area contributed by atoms with E-state index in [2.05, 4.69) is 23.0 Å². The molecule has 0 spiro atoms. The summed E-state index contributed by atoms with van der Waals surface area (Å²) >= 11 is 0. The van der Waals surface area contributed by atoms with Crippen LogP contribution in [0, 0.1) is 29.0 Å². The molecule has 0 aliphatic heterocycles. The number of halogens is 1. The number of aliphatic hydroxyl groups is 2. The van der Waals surface area contributed by atoms with Crippen molar-refractivity contribution < 1.29 is 24.1 Å². The average molecular weight is 499 g/mol. The molecule has 2 fully saturated rings. The predicted octanol–water partition coefficient (Wildman–Crippen LogP) is 4.13. The maximum Gasteiger partial charge on any atom is 0.339 e. The van der Waals surface area contributed by atoms with Gasteiger partial charge in [0.15, 0.2) is 6.10 Å². The van der Waals surface area contributed by atoms with Crippen LogP contribution in [0.25, 0.3) is 11.8 Å². The molecule has 0 saturated heterocycles. The molecule has 3 aliphatic carbocycles. The summed E-state index contributed by atoms with van der Waals surface area (Å²) in [4.78, 5) is 12.0. The third kappa shape index (κ3) is 3.71. The summed E-state index contributed by atoms with van der Waals surface area (Å²) in [5, 5.41) is 27.2. The first-order chi connectivity index (χ1) is 17.9. The lowest BCUT2D eigenvalue weighted by Crippen LogP contribution is -2.48. The lowest BCUT2D eigenvalue weighted by atomic mass is 9.63. The van der Waals surface area contributed by atoms with Gasteiger partial charge in [-0.15, -0.1) is 0 Å². The second kappa shape index (κ2) is 8.69. The quantitative estimate of drug-likeness (QED) is 0.418. The van der Waals surface area contributed by atoms with Crippen LogP contribution in [-0.4, -0.2) is 38.7 Å². The normalized spacial score (nSPS) is 24.8. The van der Waals surface area contributed by atoms with Crippen molar-refractivity contribution in [2.75, 3.05) is 7.11 Å². The van der Waals surface area contributed by atoms with Crippen LogP contribution in [0.2, 0.25) is 0 Å². The second-order valence-corrected chi connectivity index (χ2v) is 10.2. The van der Waals surface area contributed by atoms with Gasteiger partial charge in [-0.05, 0) is 80.0 Å². The molecule has 1 unspecified atom stereocenters. The Morgan fingerprint density at radius 1 is 1.22 bits per heavy atom. The third-order valence-corrected chi connectivity index (χ3v) is 8.16. The van der Waals surface area contributed by atoms with Crippen LogP contribution in [0.4, 0.5) is 4.39 Å². The molecule has 2 N–H and O–H groups in total. The van der Waals surface area contributed by atoms with Crippen molar-refractivity contribution in [3.05, 3.63) is 88.5 Å². The van der Waals surface area contributed by atoms with E-state index in [-0.39, 0.29) is 5.82 Å². The third-order valence-electron chi connectivity index (χ3n) is 8.16. The molecule has 188 valence electrons. The Hall–Kier alpha value is -3.73. The number of rotatable bonds is 4. The highest BCUT2D eigenvalue weighted by atomic mass is 19.1. The molecular weight excluding hydrogens is 471 g/mol. The summed E-state index contributed by atoms with van der Waals surface area (Å²) in [5.74, 6) is 5.57. The fraction of sp³-hybridized carbons (Fsp3) is 0.333. The smallest absolute Gasteiger partial charge is 0.339 e. The van der Waals surface area contributed by atoms with Crippen molar-refractivity contribution in [2.45, 2.75) is 43.8 Å². The van der Waals surface area contributed by atoms with Gasteiger partial charge in [-0.25, -0.2) is 13.9 Å². The van der Waals surface area contributed by atoms with Gasteiger partial charge < -0.3 is 14.9 Å². The summed E-state index contributed by atoms with van der Waals surface area (Å²) < 4.78 is 20.0. The highest BCUT2D eigenvalue weighted by Crippen LogP contribution is 2.65. The van der Waals surface area contributed by atoms with Crippen molar-refractivity contribution in [3.63, 3.8) is 0 Å². The highest BCUT2D eigenvalue weighted by molar-refractivity contribution is 5.77. The Kier molecular flexibility index (Phi) is 5.55. The van der Waals surface area contributed by atoms with Crippen molar-refractivity contribution in [1.29, 1.82) is 0 Å². The van der Waals surface area contributed by atoms with Crippen molar-refractivity contribution in [1.82, 2.24) is 9.78 Å². The number of benzene rings is 2. The fourth-order valence-corrected chi connectivity index (χ4v) is 6.18. The fourth-order valence-electron chi connectivity index (χ4n) is 6.18. The van der Waals surface area contributed by atoms with Gasteiger partial charge in [-0.1, -0.05) is 35.6 Å². The minimum absolute atomic E-state index is 0.295. The number of methoxy groups -OCH3 is 1. The van der Waals surface area contributed by atoms with Crippen LogP contribution in [0.15, 0.2) is 60.3 Å². The van der Waals surface area contributed by atoms with E-state index in [9.17, 15) is 19.4 Å². The van der Waals surface area contributed by atoms with Gasteiger partial charge in [0.2, 0.25) is 0 Å². The summed E-state index contributed by atoms with van der Waals surface area (Å²) in [5.41, 5.74) is 3.01. The molecule has 3 aliphatic rings. The average Bonchev–Trinajstić information content (AvgIpc) is 3.64. The standard InChI is InChI=1S/C30H27FN2O4/c1-37-28(35)27(34)25-5-3-2-4-19(25)12-14-29(36)15-13-22-16-26-20(17-30(22,29)21-6-7-21)18-32-33(26)24-10-8-23(31)9-11-24/h2-5,8-11,16,18,21,27,34,36H,6-7,13,15,17H2,1H3/t27?,29-,30+/m0/s1. The van der Waals surface area contributed by atoms with Crippen LogP contribution in [-0.2, 0) is 16.0 Å². The van der Waals surface area contributed by atoms with Crippen LogP contribution >= 0.6 is 0 Å². The molecule has 0 bridgehead atoms. The Labute approximate surface area is 214 Å². The predicted molar refractivity (Wildman–Crippen MR) is 135 cm³/mol. The second-order valence-electron chi connectivity index (χ2n) is 10.2. The van der Waals surface area contributed by atoms with Gasteiger partial charge in [0.1, 0.15) is 11.4 Å². The molecule has 37 heavy (non-hydrogen) atoms. The molecular formula is C30H27FN2O4. The minimum atomic E-state index is -1.45. The van der Waals surface area contributed by atoms with Crippen LogP contribution in [0.3, 0.4) is 0 Å². The van der Waals surface area contributed by atoms with Crippen LogP contribution in [0.1, 0.15) is 54.2 Å². The van der Waals surface area contributed by atoms with E-state index in [0.29, 0.717) is 36.3 Å². The van der Waals surface area contributed by atoms with E-state index in [1.165, 1.54) is 24.8 Å². The number of carbonyl (C=O) groups excluding carboxylic acids is 1. The molecule has 2 aromatic carbocycles. The molecule has 6 rings (SSSR count). The van der Waals surface area contributed by atoms with E-state index < -0.39 is 23.1 Å². The largest absolute Gasteiger partial charge is 0.467 e. The van der Waals surface area contributed by atoms with Crippen molar-refractivity contribution in [2.24, 2.45) is 11.3 Å². The molecule has 1 heterocycles. The topological polar surface area (TPSA) is 84.6 Å². The maximum absolute atomic E-state index is 13.5. The van der Waals surface area contributed by atoms with Gasteiger partial charge in [-0.3, -0.25) is 0 Å². The van der Waals surface area contributed by atoms with Gasteiger partial charge >= 0.3 is 5.97 Å². The lowest BCUT2D eigenvalue weighted by Gasteiger charge is -2.43. The molecule has 0 radical (unpaired) electrons. The number of aliphatic hydroxyl groups excluding tert-OH is 1. The van der Waals surface area contributed by atoms with Gasteiger partial charge in [-0.2, -0.15) is 5.10 Å². The Morgan fingerprint density at radius 3 is 2.70 bits per heavy atom. The number of hydrogen-bond donors (Lipinski definition) is 2. The Morgan fingerprint density at radius 2 is 1.97 bits per heavy atom. The zero-order valence-corrected chi connectivity index (χ0v) is 20.4. The van der Waals surface area contributed by atoms with Gasteiger partial charge in [0, 0.05) is 16.5 Å². The molecule has 3 aromatic rings.